The molecule has 132 valence electrons. The summed E-state index contributed by atoms with van der Waals surface area (Å²) in [4.78, 5) is 40.2. The summed E-state index contributed by atoms with van der Waals surface area (Å²) in [5.74, 6) is 0.696. The van der Waals surface area contributed by atoms with Crippen molar-refractivity contribution in [3.8, 4) is 0 Å². The van der Waals surface area contributed by atoms with Gasteiger partial charge in [-0.2, -0.15) is 0 Å². The normalized spacial score (nSPS) is 29.6. The number of carbonyl (C=O) groups excluding carboxylic acids is 3. The molecule has 4 fully saturated rings. The van der Waals surface area contributed by atoms with Gasteiger partial charge >= 0.3 is 6.03 Å². The molecule has 0 N–H and O–H groups in total. The number of imide groups is 1. The Hall–Kier alpha value is -1.43. The Morgan fingerprint density at radius 2 is 1.62 bits per heavy atom. The highest BCUT2D eigenvalue weighted by atomic mass is 16.5. The van der Waals surface area contributed by atoms with E-state index in [1.165, 1.54) is 4.90 Å². The Morgan fingerprint density at radius 3 is 2.17 bits per heavy atom. The van der Waals surface area contributed by atoms with Gasteiger partial charge in [-0.3, -0.25) is 14.5 Å². The quantitative estimate of drug-likeness (QED) is 0.724. The Kier molecular flexibility index (Phi) is 3.71. The molecule has 2 aliphatic carbocycles. The first-order chi connectivity index (χ1) is 11.5. The number of hydrogen-bond donors (Lipinski definition) is 0. The van der Waals surface area contributed by atoms with Gasteiger partial charge in [0.1, 0.15) is 11.3 Å². The summed E-state index contributed by atoms with van der Waals surface area (Å²) in [5.41, 5.74) is -0.428. The van der Waals surface area contributed by atoms with Crippen molar-refractivity contribution in [2.45, 2.75) is 56.9 Å². The van der Waals surface area contributed by atoms with Gasteiger partial charge < -0.3 is 9.64 Å². The highest BCUT2D eigenvalue weighted by Gasteiger charge is 2.59. The fourth-order valence-electron chi connectivity index (χ4n) is 5.02. The molecule has 0 aromatic heterocycles. The van der Waals surface area contributed by atoms with Crippen molar-refractivity contribution in [2.75, 3.05) is 26.8 Å². The lowest BCUT2D eigenvalue weighted by Gasteiger charge is -2.48. The van der Waals surface area contributed by atoms with Crippen molar-refractivity contribution in [3.05, 3.63) is 0 Å². The fraction of sp³-hybridized carbons (Fsp3) is 0.833. The molecule has 0 bridgehead atoms. The molecular formula is C18H26N2O4. The first kappa shape index (κ1) is 16.1. The third-order valence-corrected chi connectivity index (χ3v) is 6.89. The molecule has 0 radical (unpaired) electrons. The minimum Gasteiger partial charge on any atom is -0.381 e. The second kappa shape index (κ2) is 5.55. The van der Waals surface area contributed by atoms with E-state index in [0.717, 1.165) is 38.5 Å². The minimum absolute atomic E-state index is 0.0329. The smallest absolute Gasteiger partial charge is 0.327 e. The van der Waals surface area contributed by atoms with Crippen LogP contribution in [0.5, 0.6) is 0 Å². The van der Waals surface area contributed by atoms with Crippen LogP contribution in [0.3, 0.4) is 0 Å². The van der Waals surface area contributed by atoms with Gasteiger partial charge in [0.2, 0.25) is 0 Å². The van der Waals surface area contributed by atoms with Gasteiger partial charge in [-0.25, -0.2) is 4.79 Å². The summed E-state index contributed by atoms with van der Waals surface area (Å²) in [6.07, 6.45) is 6.65. The molecule has 6 nitrogen and oxygen atoms in total. The van der Waals surface area contributed by atoms with E-state index in [-0.39, 0.29) is 17.4 Å². The molecule has 0 aromatic rings. The number of ether oxygens (including phenoxy) is 1. The van der Waals surface area contributed by atoms with E-state index in [1.807, 2.05) is 4.90 Å². The molecule has 2 saturated carbocycles. The monoisotopic (exact) mass is 334 g/mol. The van der Waals surface area contributed by atoms with Crippen LogP contribution in [-0.4, -0.2) is 59.9 Å². The maximum Gasteiger partial charge on any atom is 0.327 e. The van der Waals surface area contributed by atoms with Crippen LogP contribution in [0.2, 0.25) is 0 Å². The van der Waals surface area contributed by atoms with Crippen molar-refractivity contribution in [1.82, 2.24) is 9.80 Å². The van der Waals surface area contributed by atoms with Gasteiger partial charge in [-0.15, -0.1) is 0 Å². The van der Waals surface area contributed by atoms with Crippen molar-refractivity contribution in [1.29, 1.82) is 0 Å². The van der Waals surface area contributed by atoms with E-state index in [4.69, 9.17) is 4.74 Å². The highest BCUT2D eigenvalue weighted by Crippen LogP contribution is 2.52. The average Bonchev–Trinajstić information content (AvgIpc) is 2.72. The zero-order valence-corrected chi connectivity index (χ0v) is 14.4. The number of Topliss-reactive ketones (excluding diaryl/α,β-unsaturated/α-hetero) is 1. The van der Waals surface area contributed by atoms with Gasteiger partial charge in [0.25, 0.3) is 5.91 Å². The van der Waals surface area contributed by atoms with E-state index < -0.39 is 5.54 Å². The first-order valence-corrected chi connectivity index (χ1v) is 9.15. The predicted octanol–water partition coefficient (Wildman–Crippen LogP) is 1.97. The van der Waals surface area contributed by atoms with Gasteiger partial charge in [-0.1, -0.05) is 0 Å². The molecule has 0 unspecified atom stereocenters. The number of carbonyl (C=O) groups is 3. The zero-order valence-electron chi connectivity index (χ0n) is 14.4. The average molecular weight is 334 g/mol. The molecule has 24 heavy (non-hydrogen) atoms. The van der Waals surface area contributed by atoms with Crippen molar-refractivity contribution < 1.29 is 19.1 Å². The second-order valence-corrected chi connectivity index (χ2v) is 8.23. The summed E-state index contributed by atoms with van der Waals surface area (Å²) in [6.45, 7) is 1.99. The van der Waals surface area contributed by atoms with Crippen LogP contribution in [-0.2, 0) is 14.3 Å². The molecule has 2 spiro atoms. The molecule has 4 aliphatic rings. The van der Waals surface area contributed by atoms with Crippen LogP contribution in [0.15, 0.2) is 0 Å². The van der Waals surface area contributed by atoms with Crippen LogP contribution < -0.4 is 0 Å². The number of nitrogens with zero attached hydrogens (tertiary/aromatic N) is 2. The summed E-state index contributed by atoms with van der Waals surface area (Å²) < 4.78 is 5.24. The molecular weight excluding hydrogens is 308 g/mol. The SMILES string of the molecule is CN1C(=O)N(CC2COC2)C2(CCC3(CCC(=O)CC3)CC2)C1=O. The molecule has 0 aromatic carbocycles. The Labute approximate surface area is 142 Å². The predicted molar refractivity (Wildman–Crippen MR) is 86.3 cm³/mol. The first-order valence-electron chi connectivity index (χ1n) is 9.15. The van der Waals surface area contributed by atoms with Crippen molar-refractivity contribution >= 4 is 17.7 Å². The maximum atomic E-state index is 12.9. The Morgan fingerprint density at radius 1 is 1.00 bits per heavy atom. The lowest BCUT2D eigenvalue weighted by atomic mass is 9.61. The molecule has 3 amide bonds. The topological polar surface area (TPSA) is 66.9 Å². The van der Waals surface area contributed by atoms with E-state index in [9.17, 15) is 14.4 Å². The van der Waals surface area contributed by atoms with Crippen LogP contribution in [0, 0.1) is 11.3 Å². The molecule has 2 aliphatic heterocycles. The number of ketones is 1. The Balaban J connectivity index is 1.53. The molecule has 2 heterocycles. The lowest BCUT2D eigenvalue weighted by Crippen LogP contribution is -2.56. The summed E-state index contributed by atoms with van der Waals surface area (Å²) in [5, 5.41) is 0. The van der Waals surface area contributed by atoms with Crippen LogP contribution in [0.4, 0.5) is 4.79 Å². The summed E-state index contributed by atoms with van der Waals surface area (Å²) in [6, 6.07) is -0.151. The number of likely N-dealkylation sites (N-methyl/N-ethyl adjacent to an activating group) is 1. The van der Waals surface area contributed by atoms with Gasteiger partial charge in [0.05, 0.1) is 13.2 Å². The molecule has 4 rings (SSSR count). The van der Waals surface area contributed by atoms with Gasteiger partial charge in [0.15, 0.2) is 0 Å². The lowest BCUT2D eigenvalue weighted by molar-refractivity contribution is -0.138. The Bertz CT molecular complexity index is 564. The third-order valence-electron chi connectivity index (χ3n) is 6.89. The number of hydrogen-bond acceptors (Lipinski definition) is 4. The van der Waals surface area contributed by atoms with Gasteiger partial charge in [-0.05, 0) is 43.9 Å². The fourth-order valence-corrected chi connectivity index (χ4v) is 5.02. The van der Waals surface area contributed by atoms with Gasteiger partial charge in [0, 0.05) is 32.4 Å². The van der Waals surface area contributed by atoms with Crippen LogP contribution >= 0.6 is 0 Å². The summed E-state index contributed by atoms with van der Waals surface area (Å²) >= 11 is 0. The van der Waals surface area contributed by atoms with E-state index in [2.05, 4.69) is 0 Å². The van der Waals surface area contributed by atoms with E-state index >= 15 is 0 Å². The van der Waals surface area contributed by atoms with Crippen LogP contribution in [0.25, 0.3) is 0 Å². The molecule has 6 heteroatoms. The molecule has 0 atom stereocenters. The number of rotatable bonds is 2. The maximum absolute atomic E-state index is 12.9. The summed E-state index contributed by atoms with van der Waals surface area (Å²) in [7, 11) is 1.60. The molecule has 2 saturated heterocycles. The van der Waals surface area contributed by atoms with E-state index in [0.29, 0.717) is 44.3 Å². The largest absolute Gasteiger partial charge is 0.381 e. The minimum atomic E-state index is -0.645. The second-order valence-electron chi connectivity index (χ2n) is 8.23. The standard InChI is InChI=1S/C18H26N2O4/c1-19-15(22)18(20(16(19)23)10-13-11-24-12-13)8-6-17(7-9-18)4-2-14(21)3-5-17/h13H,2-12H2,1H3. The zero-order chi connectivity index (χ0) is 16.9. The third kappa shape index (κ3) is 2.30. The highest BCUT2D eigenvalue weighted by molar-refractivity contribution is 6.06. The number of amides is 3. The number of urea groups is 1. The van der Waals surface area contributed by atoms with Crippen molar-refractivity contribution in [2.24, 2.45) is 11.3 Å². The van der Waals surface area contributed by atoms with E-state index in [1.54, 1.807) is 7.05 Å². The van der Waals surface area contributed by atoms with Crippen molar-refractivity contribution in [3.63, 3.8) is 0 Å². The van der Waals surface area contributed by atoms with Crippen LogP contribution in [0.1, 0.15) is 51.4 Å².